The first-order chi connectivity index (χ1) is 10.6. The smallest absolute Gasteiger partial charge is 0.328 e. The minimum Gasteiger partial charge on any atom is -0.484 e. The third kappa shape index (κ3) is 3.06. The van der Waals surface area contributed by atoms with Crippen LogP contribution in [-0.2, 0) is 27.2 Å². The molecule has 0 radical (unpaired) electrons. The molecule has 0 bridgehead atoms. The number of amides is 1. The van der Waals surface area contributed by atoms with E-state index in [0.717, 1.165) is 19.3 Å². The number of hydrogen-bond acceptors (Lipinski definition) is 4. The van der Waals surface area contributed by atoms with Crippen molar-refractivity contribution in [3.8, 4) is 5.75 Å². The molecule has 1 atom stereocenters. The number of carbonyl (C=O) groups is 2. The lowest BCUT2D eigenvalue weighted by atomic mass is 10.1. The fourth-order valence-electron chi connectivity index (χ4n) is 2.97. The number of hydrogen-bond donors (Lipinski definition) is 1. The second kappa shape index (κ2) is 6.36. The zero-order valence-electron chi connectivity index (χ0n) is 12.3. The molecule has 22 heavy (non-hydrogen) atoms. The first-order valence-electron chi connectivity index (χ1n) is 7.50. The fourth-order valence-corrected chi connectivity index (χ4v) is 2.97. The molecule has 1 fully saturated rings. The number of aryl methyl sites for hydroxylation is 2. The molecule has 3 rings (SSSR count). The standard InChI is InChI=1S/C16H19NO5/c18-15(17-6-7-21-9-14(17)16(19)20)10-22-13-5-4-11-2-1-3-12(11)8-13/h4-5,8,14H,1-3,6-7,9-10H2,(H,19,20)/t14-/m0/s1. The van der Waals surface area contributed by atoms with Gasteiger partial charge >= 0.3 is 5.97 Å². The lowest BCUT2D eigenvalue weighted by Crippen LogP contribution is -2.53. The van der Waals surface area contributed by atoms with Crippen LogP contribution in [0.25, 0.3) is 0 Å². The maximum atomic E-state index is 12.2. The Morgan fingerprint density at radius 1 is 1.32 bits per heavy atom. The summed E-state index contributed by atoms with van der Waals surface area (Å²) in [6.07, 6.45) is 3.30. The van der Waals surface area contributed by atoms with E-state index in [1.807, 2.05) is 18.2 Å². The Labute approximate surface area is 128 Å². The van der Waals surface area contributed by atoms with Crippen LogP contribution in [0.15, 0.2) is 18.2 Å². The number of fused-ring (bicyclic) bond motifs is 1. The van der Waals surface area contributed by atoms with Crippen molar-refractivity contribution in [2.45, 2.75) is 25.3 Å². The number of aliphatic carboxylic acids is 1. The fraction of sp³-hybridized carbons (Fsp3) is 0.500. The molecule has 1 aliphatic carbocycles. The SMILES string of the molecule is O=C(O)[C@@H]1COCCN1C(=O)COc1ccc2c(c1)CCC2. The molecular weight excluding hydrogens is 286 g/mol. The molecular formula is C16H19NO5. The van der Waals surface area contributed by atoms with Crippen LogP contribution in [0, 0.1) is 0 Å². The van der Waals surface area contributed by atoms with Gasteiger partial charge in [0.05, 0.1) is 13.2 Å². The maximum absolute atomic E-state index is 12.2. The predicted octanol–water partition coefficient (Wildman–Crippen LogP) is 0.866. The molecule has 1 heterocycles. The van der Waals surface area contributed by atoms with Crippen LogP contribution >= 0.6 is 0 Å². The van der Waals surface area contributed by atoms with Crippen molar-refractivity contribution in [2.75, 3.05) is 26.4 Å². The topological polar surface area (TPSA) is 76.1 Å². The van der Waals surface area contributed by atoms with Gasteiger partial charge < -0.3 is 19.5 Å². The number of ether oxygens (including phenoxy) is 2. The highest BCUT2D eigenvalue weighted by Gasteiger charge is 2.32. The minimum absolute atomic E-state index is 0.0277. The van der Waals surface area contributed by atoms with E-state index in [0.29, 0.717) is 12.4 Å². The monoisotopic (exact) mass is 305 g/mol. The molecule has 6 nitrogen and oxygen atoms in total. The molecule has 1 aliphatic heterocycles. The lowest BCUT2D eigenvalue weighted by Gasteiger charge is -2.32. The normalized spacial score (nSPS) is 20.5. The van der Waals surface area contributed by atoms with Crippen molar-refractivity contribution in [3.63, 3.8) is 0 Å². The van der Waals surface area contributed by atoms with Gasteiger partial charge in [-0.15, -0.1) is 0 Å². The average molecular weight is 305 g/mol. The quantitative estimate of drug-likeness (QED) is 0.893. The summed E-state index contributed by atoms with van der Waals surface area (Å²) < 4.78 is 10.7. The summed E-state index contributed by atoms with van der Waals surface area (Å²) in [5.74, 6) is -0.712. The Balaban J connectivity index is 1.60. The second-order valence-corrected chi connectivity index (χ2v) is 5.59. The molecule has 1 aromatic carbocycles. The first-order valence-corrected chi connectivity index (χ1v) is 7.50. The molecule has 0 unspecified atom stereocenters. The van der Waals surface area contributed by atoms with Gasteiger partial charge in [0.2, 0.25) is 0 Å². The summed E-state index contributed by atoms with van der Waals surface area (Å²) in [6.45, 7) is 0.514. The number of nitrogens with zero attached hydrogens (tertiary/aromatic N) is 1. The van der Waals surface area contributed by atoms with E-state index in [4.69, 9.17) is 14.6 Å². The molecule has 1 amide bonds. The van der Waals surface area contributed by atoms with E-state index >= 15 is 0 Å². The van der Waals surface area contributed by atoms with Crippen molar-refractivity contribution >= 4 is 11.9 Å². The predicted molar refractivity (Wildman–Crippen MR) is 77.9 cm³/mol. The first kappa shape index (κ1) is 14.8. The highest BCUT2D eigenvalue weighted by atomic mass is 16.5. The summed E-state index contributed by atoms with van der Waals surface area (Å²) in [7, 11) is 0. The van der Waals surface area contributed by atoms with Gasteiger partial charge in [0, 0.05) is 6.54 Å². The van der Waals surface area contributed by atoms with Crippen LogP contribution in [-0.4, -0.2) is 54.3 Å². The molecule has 1 saturated heterocycles. The highest BCUT2D eigenvalue weighted by molar-refractivity contribution is 5.84. The van der Waals surface area contributed by atoms with Crippen LogP contribution in [0.5, 0.6) is 5.75 Å². The van der Waals surface area contributed by atoms with E-state index in [1.54, 1.807) is 0 Å². The van der Waals surface area contributed by atoms with Gasteiger partial charge in [-0.2, -0.15) is 0 Å². The zero-order chi connectivity index (χ0) is 15.5. The largest absolute Gasteiger partial charge is 0.484 e. The van der Waals surface area contributed by atoms with Crippen LogP contribution in [0.1, 0.15) is 17.5 Å². The van der Waals surface area contributed by atoms with Crippen LogP contribution in [0.2, 0.25) is 0 Å². The molecule has 0 saturated carbocycles. The molecule has 6 heteroatoms. The summed E-state index contributed by atoms with van der Waals surface area (Å²) >= 11 is 0. The molecule has 1 N–H and O–H groups in total. The van der Waals surface area contributed by atoms with Crippen LogP contribution < -0.4 is 4.74 Å². The van der Waals surface area contributed by atoms with Gasteiger partial charge in [-0.25, -0.2) is 4.79 Å². The van der Waals surface area contributed by atoms with Gasteiger partial charge in [0.25, 0.3) is 5.91 Å². The van der Waals surface area contributed by atoms with E-state index in [2.05, 4.69) is 0 Å². The van der Waals surface area contributed by atoms with Gasteiger partial charge in [0.15, 0.2) is 12.6 Å². The Kier molecular flexibility index (Phi) is 4.29. The third-order valence-corrected chi connectivity index (χ3v) is 4.17. The van der Waals surface area contributed by atoms with E-state index in [9.17, 15) is 9.59 Å². The lowest BCUT2D eigenvalue weighted by molar-refractivity contribution is -0.159. The van der Waals surface area contributed by atoms with Gasteiger partial charge in [-0.3, -0.25) is 4.79 Å². The number of carboxylic acid groups (broad SMARTS) is 1. The summed E-state index contributed by atoms with van der Waals surface area (Å²) in [6, 6.07) is 4.95. The molecule has 1 aromatic rings. The zero-order valence-corrected chi connectivity index (χ0v) is 12.3. The number of carboxylic acids is 1. The average Bonchev–Trinajstić information content (AvgIpc) is 3.00. The number of rotatable bonds is 4. The Hall–Kier alpha value is -2.08. The Morgan fingerprint density at radius 2 is 2.14 bits per heavy atom. The van der Waals surface area contributed by atoms with Crippen molar-refractivity contribution in [1.29, 1.82) is 0 Å². The number of morpholine rings is 1. The van der Waals surface area contributed by atoms with E-state index in [-0.39, 0.29) is 25.7 Å². The van der Waals surface area contributed by atoms with Gasteiger partial charge in [-0.05, 0) is 42.5 Å². The van der Waals surface area contributed by atoms with Crippen molar-refractivity contribution in [2.24, 2.45) is 0 Å². The molecule has 118 valence electrons. The van der Waals surface area contributed by atoms with E-state index in [1.165, 1.54) is 16.0 Å². The van der Waals surface area contributed by atoms with E-state index < -0.39 is 12.0 Å². The molecule has 0 spiro atoms. The van der Waals surface area contributed by atoms with Crippen molar-refractivity contribution < 1.29 is 24.2 Å². The summed E-state index contributed by atoms with van der Waals surface area (Å²) in [4.78, 5) is 24.7. The maximum Gasteiger partial charge on any atom is 0.328 e. The highest BCUT2D eigenvalue weighted by Crippen LogP contribution is 2.26. The van der Waals surface area contributed by atoms with Crippen LogP contribution in [0.4, 0.5) is 0 Å². The number of benzene rings is 1. The summed E-state index contributed by atoms with van der Waals surface area (Å²) in [5, 5.41) is 9.13. The van der Waals surface area contributed by atoms with Crippen molar-refractivity contribution in [1.82, 2.24) is 4.90 Å². The summed E-state index contributed by atoms with van der Waals surface area (Å²) in [5.41, 5.74) is 2.62. The second-order valence-electron chi connectivity index (χ2n) is 5.59. The Morgan fingerprint density at radius 3 is 2.95 bits per heavy atom. The number of carbonyl (C=O) groups excluding carboxylic acids is 1. The Bertz CT molecular complexity index is 586. The van der Waals surface area contributed by atoms with Gasteiger partial charge in [0.1, 0.15) is 5.75 Å². The van der Waals surface area contributed by atoms with Gasteiger partial charge in [-0.1, -0.05) is 6.07 Å². The minimum atomic E-state index is -1.05. The van der Waals surface area contributed by atoms with Crippen LogP contribution in [0.3, 0.4) is 0 Å². The molecule has 2 aliphatic rings. The third-order valence-electron chi connectivity index (χ3n) is 4.17. The molecule has 0 aromatic heterocycles. The van der Waals surface area contributed by atoms with Crippen molar-refractivity contribution in [3.05, 3.63) is 29.3 Å².